The van der Waals surface area contributed by atoms with Gasteiger partial charge in [-0.05, 0) is 44.7 Å². The molecule has 0 spiro atoms. The summed E-state index contributed by atoms with van der Waals surface area (Å²) in [6.07, 6.45) is -2.99. The molecular formula is C19H28F3IN4O2. The van der Waals surface area contributed by atoms with Crippen molar-refractivity contribution in [3.8, 4) is 5.75 Å². The van der Waals surface area contributed by atoms with Crippen molar-refractivity contribution in [2.75, 3.05) is 19.6 Å². The Morgan fingerprint density at radius 1 is 1.17 bits per heavy atom. The summed E-state index contributed by atoms with van der Waals surface area (Å²) < 4.78 is 38.3. The third kappa shape index (κ3) is 8.27. The van der Waals surface area contributed by atoms with Gasteiger partial charge in [-0.25, -0.2) is 0 Å². The first kappa shape index (κ1) is 25.3. The molecule has 29 heavy (non-hydrogen) atoms. The molecule has 1 amide bonds. The standard InChI is InChI=1S/C19H27F3N4O2.HI/c1-2-23-18(26-14-9-7-13(8-10-14)19(20,21)22)25-12-11-24-17(28)15-5-3-4-6-16(15)27;/h3-6,13-14,27H,2,7-12H2,1H3,(H,24,28)(H2,23,25,26);1H. The third-order valence-corrected chi connectivity index (χ3v) is 4.69. The smallest absolute Gasteiger partial charge is 0.391 e. The number of benzene rings is 1. The number of hydrogen-bond acceptors (Lipinski definition) is 3. The number of guanidine groups is 1. The van der Waals surface area contributed by atoms with Crippen LogP contribution in [0.25, 0.3) is 0 Å². The summed E-state index contributed by atoms with van der Waals surface area (Å²) in [6, 6.07) is 6.21. The minimum atomic E-state index is -4.12. The molecule has 0 bridgehead atoms. The van der Waals surface area contributed by atoms with Crippen LogP contribution in [0.1, 0.15) is 43.0 Å². The zero-order chi connectivity index (χ0) is 20.6. The van der Waals surface area contributed by atoms with Gasteiger partial charge in [0.2, 0.25) is 0 Å². The number of carbonyl (C=O) groups excluding carboxylic acids is 1. The van der Waals surface area contributed by atoms with Crippen LogP contribution >= 0.6 is 24.0 Å². The first-order chi connectivity index (χ1) is 13.3. The molecule has 1 aliphatic rings. The summed E-state index contributed by atoms with van der Waals surface area (Å²) in [4.78, 5) is 16.4. The fraction of sp³-hybridized carbons (Fsp3) is 0.579. The summed E-state index contributed by atoms with van der Waals surface area (Å²) in [5, 5.41) is 18.6. The molecule has 0 radical (unpaired) electrons. The van der Waals surface area contributed by atoms with E-state index < -0.39 is 18.0 Å². The van der Waals surface area contributed by atoms with E-state index in [-0.39, 0.29) is 60.7 Å². The minimum absolute atomic E-state index is 0. The van der Waals surface area contributed by atoms with Crippen molar-refractivity contribution in [3.05, 3.63) is 29.8 Å². The van der Waals surface area contributed by atoms with Crippen LogP contribution in [0.2, 0.25) is 0 Å². The van der Waals surface area contributed by atoms with Crippen LogP contribution in [0, 0.1) is 5.92 Å². The maximum atomic E-state index is 12.8. The number of aromatic hydroxyl groups is 1. The molecule has 10 heteroatoms. The molecule has 0 unspecified atom stereocenters. The highest BCUT2D eigenvalue weighted by Crippen LogP contribution is 2.37. The summed E-state index contributed by atoms with van der Waals surface area (Å²) in [6.45, 7) is 3.09. The van der Waals surface area contributed by atoms with Crippen LogP contribution in [-0.2, 0) is 0 Å². The molecule has 6 nitrogen and oxygen atoms in total. The number of para-hydroxylation sites is 1. The normalized spacial score (nSPS) is 19.8. The van der Waals surface area contributed by atoms with E-state index in [0.717, 1.165) is 0 Å². The Kier molecular flexibility index (Phi) is 10.5. The molecule has 1 aromatic rings. The summed E-state index contributed by atoms with van der Waals surface area (Å²) in [5.74, 6) is -1.17. The summed E-state index contributed by atoms with van der Waals surface area (Å²) in [5.41, 5.74) is 0.193. The molecule has 2 rings (SSSR count). The van der Waals surface area contributed by atoms with E-state index in [0.29, 0.717) is 31.9 Å². The van der Waals surface area contributed by atoms with Gasteiger partial charge < -0.3 is 21.1 Å². The average Bonchev–Trinajstić information content (AvgIpc) is 2.65. The number of phenolic OH excluding ortho intramolecular Hbond substituents is 1. The lowest BCUT2D eigenvalue weighted by atomic mass is 9.85. The zero-order valence-corrected chi connectivity index (χ0v) is 18.6. The van der Waals surface area contributed by atoms with Crippen LogP contribution < -0.4 is 16.0 Å². The van der Waals surface area contributed by atoms with Crippen LogP contribution in [0.5, 0.6) is 5.75 Å². The lowest BCUT2D eigenvalue weighted by Crippen LogP contribution is -2.46. The molecule has 0 heterocycles. The fourth-order valence-electron chi connectivity index (χ4n) is 3.18. The van der Waals surface area contributed by atoms with Crippen LogP contribution in [-0.4, -0.2) is 48.8 Å². The average molecular weight is 528 g/mol. The second-order valence-corrected chi connectivity index (χ2v) is 6.77. The van der Waals surface area contributed by atoms with Crippen molar-refractivity contribution in [1.29, 1.82) is 0 Å². The highest BCUT2D eigenvalue weighted by atomic mass is 127. The molecule has 1 aliphatic carbocycles. The van der Waals surface area contributed by atoms with Gasteiger partial charge in [-0.3, -0.25) is 9.79 Å². The Hall–Kier alpha value is -1.72. The number of phenols is 1. The predicted molar refractivity (Wildman–Crippen MR) is 117 cm³/mol. The Morgan fingerprint density at radius 2 is 1.83 bits per heavy atom. The zero-order valence-electron chi connectivity index (χ0n) is 16.3. The Morgan fingerprint density at radius 3 is 2.41 bits per heavy atom. The number of alkyl halides is 3. The molecule has 0 atom stereocenters. The van der Waals surface area contributed by atoms with Gasteiger partial charge in [-0.2, -0.15) is 13.2 Å². The summed E-state index contributed by atoms with van der Waals surface area (Å²) in [7, 11) is 0. The molecular weight excluding hydrogens is 500 g/mol. The molecule has 1 saturated carbocycles. The van der Waals surface area contributed by atoms with E-state index in [2.05, 4.69) is 20.9 Å². The Labute approximate surface area is 185 Å². The molecule has 4 N–H and O–H groups in total. The van der Waals surface area contributed by atoms with Crippen LogP contribution in [0.3, 0.4) is 0 Å². The number of nitrogens with one attached hydrogen (secondary N) is 3. The number of aliphatic imine (C=N–C) groups is 1. The molecule has 0 aliphatic heterocycles. The van der Waals surface area contributed by atoms with Crippen LogP contribution in [0.4, 0.5) is 13.2 Å². The first-order valence-electron chi connectivity index (χ1n) is 9.49. The van der Waals surface area contributed by atoms with Gasteiger partial charge in [-0.15, -0.1) is 24.0 Å². The van der Waals surface area contributed by atoms with Crippen molar-refractivity contribution in [2.45, 2.75) is 44.8 Å². The number of nitrogens with zero attached hydrogens (tertiary/aromatic N) is 1. The Balaban J connectivity index is 0.00000420. The second-order valence-electron chi connectivity index (χ2n) is 6.77. The van der Waals surface area contributed by atoms with E-state index in [1.807, 2.05) is 6.92 Å². The van der Waals surface area contributed by atoms with E-state index >= 15 is 0 Å². The molecule has 1 fully saturated rings. The van der Waals surface area contributed by atoms with Crippen LogP contribution in [0.15, 0.2) is 29.3 Å². The van der Waals surface area contributed by atoms with Crippen molar-refractivity contribution in [2.24, 2.45) is 10.9 Å². The van der Waals surface area contributed by atoms with Gasteiger partial charge in [0.15, 0.2) is 5.96 Å². The number of rotatable bonds is 6. The SMILES string of the molecule is CCNC(=NCCNC(=O)c1ccccc1O)NC1CCC(C(F)(F)F)CC1.I. The topological polar surface area (TPSA) is 85.8 Å². The molecule has 0 aromatic heterocycles. The maximum absolute atomic E-state index is 12.8. The van der Waals surface area contributed by atoms with Gasteiger partial charge in [0.05, 0.1) is 18.0 Å². The lowest BCUT2D eigenvalue weighted by Gasteiger charge is -2.31. The van der Waals surface area contributed by atoms with Crippen molar-refractivity contribution >= 4 is 35.8 Å². The Bertz CT molecular complexity index is 678. The van der Waals surface area contributed by atoms with Gasteiger partial charge in [-0.1, -0.05) is 12.1 Å². The second kappa shape index (κ2) is 12.1. The summed E-state index contributed by atoms with van der Waals surface area (Å²) >= 11 is 0. The van der Waals surface area contributed by atoms with E-state index in [4.69, 9.17) is 0 Å². The fourth-order valence-corrected chi connectivity index (χ4v) is 3.18. The third-order valence-electron chi connectivity index (χ3n) is 4.69. The van der Waals surface area contributed by atoms with Gasteiger partial charge in [0.1, 0.15) is 5.75 Å². The van der Waals surface area contributed by atoms with E-state index in [9.17, 15) is 23.1 Å². The monoisotopic (exact) mass is 528 g/mol. The maximum Gasteiger partial charge on any atom is 0.391 e. The minimum Gasteiger partial charge on any atom is -0.507 e. The van der Waals surface area contributed by atoms with Crippen molar-refractivity contribution in [3.63, 3.8) is 0 Å². The molecule has 1 aromatic carbocycles. The predicted octanol–water partition coefficient (Wildman–Crippen LogP) is 3.42. The van der Waals surface area contributed by atoms with Crippen molar-refractivity contribution < 1.29 is 23.1 Å². The van der Waals surface area contributed by atoms with E-state index in [1.165, 1.54) is 12.1 Å². The highest BCUT2D eigenvalue weighted by molar-refractivity contribution is 14.0. The molecule has 0 saturated heterocycles. The highest BCUT2D eigenvalue weighted by Gasteiger charge is 2.41. The number of amides is 1. The quantitative estimate of drug-likeness (QED) is 0.197. The van der Waals surface area contributed by atoms with Gasteiger partial charge >= 0.3 is 6.18 Å². The van der Waals surface area contributed by atoms with Gasteiger partial charge in [0.25, 0.3) is 5.91 Å². The molecule has 164 valence electrons. The van der Waals surface area contributed by atoms with Crippen molar-refractivity contribution in [1.82, 2.24) is 16.0 Å². The van der Waals surface area contributed by atoms with Gasteiger partial charge in [0, 0.05) is 19.1 Å². The largest absolute Gasteiger partial charge is 0.507 e. The number of hydrogen-bond donors (Lipinski definition) is 4. The number of halogens is 4. The van der Waals surface area contributed by atoms with E-state index in [1.54, 1.807) is 12.1 Å². The number of carbonyl (C=O) groups is 1. The first-order valence-corrected chi connectivity index (χ1v) is 9.49. The lowest BCUT2D eigenvalue weighted by molar-refractivity contribution is -0.182.